The van der Waals surface area contributed by atoms with Crippen molar-refractivity contribution >= 4 is 35.3 Å². The van der Waals surface area contributed by atoms with Gasteiger partial charge in [0.05, 0.1) is 10.6 Å². The fraction of sp³-hybridized carbons (Fsp3) is 0.333. The van der Waals surface area contributed by atoms with E-state index in [0.29, 0.717) is 28.3 Å². The summed E-state index contributed by atoms with van der Waals surface area (Å²) in [5, 5.41) is 5.80. The van der Waals surface area contributed by atoms with Crippen LogP contribution in [0.4, 0.5) is 10.1 Å². The van der Waals surface area contributed by atoms with Crippen molar-refractivity contribution in [3.8, 4) is 0 Å². The number of halogens is 1. The van der Waals surface area contributed by atoms with E-state index in [1.807, 2.05) is 6.07 Å². The number of nitrogens with zero attached hydrogens (tertiary/aromatic N) is 1. The van der Waals surface area contributed by atoms with E-state index >= 15 is 0 Å². The number of rotatable bonds is 5. The molecule has 2 heterocycles. The van der Waals surface area contributed by atoms with Crippen molar-refractivity contribution in [3.63, 3.8) is 0 Å². The Hall–Kier alpha value is -2.64. The number of anilines is 1. The lowest BCUT2D eigenvalue weighted by Crippen LogP contribution is -2.35. The van der Waals surface area contributed by atoms with Crippen LogP contribution in [0.25, 0.3) is 6.08 Å². The first kappa shape index (κ1) is 21.6. The Morgan fingerprint density at radius 2 is 1.90 bits per heavy atom. The van der Waals surface area contributed by atoms with Gasteiger partial charge in [0.2, 0.25) is 0 Å². The van der Waals surface area contributed by atoms with Gasteiger partial charge in [-0.25, -0.2) is 4.39 Å². The summed E-state index contributed by atoms with van der Waals surface area (Å²) in [6.45, 7) is 3.65. The highest BCUT2D eigenvalue weighted by molar-refractivity contribution is 8.04. The summed E-state index contributed by atoms with van der Waals surface area (Å²) >= 11 is 1.27. The molecule has 0 aliphatic carbocycles. The van der Waals surface area contributed by atoms with E-state index in [0.717, 1.165) is 24.5 Å². The lowest BCUT2D eigenvalue weighted by atomic mass is 10.1. The van der Waals surface area contributed by atoms with Crippen LogP contribution in [0.15, 0.2) is 52.3 Å². The molecule has 0 atom stereocenters. The van der Waals surface area contributed by atoms with Crippen LogP contribution < -0.4 is 10.6 Å². The predicted octanol–water partition coefficient (Wildman–Crippen LogP) is 4.52. The number of hydrogen-bond acceptors (Lipinski definition) is 4. The Morgan fingerprint density at radius 1 is 1.13 bits per heavy atom. The third-order valence-corrected chi connectivity index (χ3v) is 6.64. The van der Waals surface area contributed by atoms with E-state index in [1.165, 1.54) is 43.5 Å². The summed E-state index contributed by atoms with van der Waals surface area (Å²) < 4.78 is 13.9. The number of likely N-dealkylation sites (tertiary alicyclic amines) is 1. The maximum absolute atomic E-state index is 13.9. The Morgan fingerprint density at radius 3 is 2.68 bits per heavy atom. The van der Waals surface area contributed by atoms with Gasteiger partial charge in [-0.1, -0.05) is 42.8 Å². The zero-order valence-corrected chi connectivity index (χ0v) is 18.1. The fourth-order valence-electron chi connectivity index (χ4n) is 3.82. The number of carbonyl (C=O) groups is 2. The van der Waals surface area contributed by atoms with Crippen molar-refractivity contribution in [3.05, 3.63) is 64.3 Å². The number of carbonyl (C=O) groups excluding carboxylic acids is 2. The molecule has 2 N–H and O–H groups in total. The van der Waals surface area contributed by atoms with Crippen LogP contribution in [0, 0.1) is 5.82 Å². The van der Waals surface area contributed by atoms with E-state index < -0.39 is 0 Å². The Labute approximate surface area is 186 Å². The molecule has 162 valence electrons. The van der Waals surface area contributed by atoms with Crippen molar-refractivity contribution in [1.82, 2.24) is 10.2 Å². The van der Waals surface area contributed by atoms with E-state index in [9.17, 15) is 14.0 Å². The molecule has 1 fully saturated rings. The molecule has 2 aliphatic rings. The lowest BCUT2D eigenvalue weighted by molar-refractivity contribution is -0.112. The van der Waals surface area contributed by atoms with Crippen LogP contribution in [0.2, 0.25) is 0 Å². The van der Waals surface area contributed by atoms with Crippen LogP contribution in [0.1, 0.15) is 41.6 Å². The smallest absolute Gasteiger partial charge is 0.262 e. The first-order valence-corrected chi connectivity index (χ1v) is 11.5. The summed E-state index contributed by atoms with van der Waals surface area (Å²) in [4.78, 5) is 28.7. The molecule has 4 rings (SSSR count). The highest BCUT2D eigenvalue weighted by atomic mass is 32.2. The molecule has 2 aromatic carbocycles. The number of fused-ring (bicyclic) bond motifs is 1. The summed E-state index contributed by atoms with van der Waals surface area (Å²) in [5.41, 5.74) is 1.47. The van der Waals surface area contributed by atoms with Crippen LogP contribution in [0.5, 0.6) is 0 Å². The zero-order valence-electron chi connectivity index (χ0n) is 17.3. The van der Waals surface area contributed by atoms with Crippen molar-refractivity contribution in [2.75, 3.05) is 31.5 Å². The molecular formula is C24H26FN3O2S. The van der Waals surface area contributed by atoms with Crippen molar-refractivity contribution < 1.29 is 14.0 Å². The molecule has 7 heteroatoms. The van der Waals surface area contributed by atoms with Gasteiger partial charge in [0, 0.05) is 29.1 Å². The summed E-state index contributed by atoms with van der Waals surface area (Å²) in [6, 6.07) is 11.6. The summed E-state index contributed by atoms with van der Waals surface area (Å²) in [6.07, 6.45) is 6.58. The molecule has 2 aromatic rings. The quantitative estimate of drug-likeness (QED) is 0.673. The average Bonchev–Trinajstić information content (AvgIpc) is 3.04. The molecule has 2 aliphatic heterocycles. The Kier molecular flexibility index (Phi) is 7.04. The molecule has 5 nitrogen and oxygen atoms in total. The molecule has 0 aromatic heterocycles. The summed E-state index contributed by atoms with van der Waals surface area (Å²) in [5.74, 6) is -0.828. The number of amides is 2. The van der Waals surface area contributed by atoms with E-state index in [4.69, 9.17) is 0 Å². The van der Waals surface area contributed by atoms with E-state index in [2.05, 4.69) is 15.5 Å². The van der Waals surface area contributed by atoms with Gasteiger partial charge >= 0.3 is 0 Å². The Balaban J connectivity index is 1.39. The van der Waals surface area contributed by atoms with Gasteiger partial charge in [-0.2, -0.15) is 0 Å². The summed E-state index contributed by atoms with van der Waals surface area (Å²) in [7, 11) is 0. The minimum Gasteiger partial charge on any atom is -0.351 e. The number of nitrogens with one attached hydrogen (secondary N) is 2. The Bertz CT molecular complexity index is 1000. The molecule has 0 bridgehead atoms. The minimum absolute atomic E-state index is 0.149. The van der Waals surface area contributed by atoms with Crippen molar-refractivity contribution in [2.24, 2.45) is 0 Å². The molecular weight excluding hydrogens is 413 g/mol. The van der Waals surface area contributed by atoms with Crippen LogP contribution >= 0.6 is 11.8 Å². The monoisotopic (exact) mass is 439 g/mol. The molecule has 0 unspecified atom stereocenters. The van der Waals surface area contributed by atoms with E-state index in [-0.39, 0.29) is 17.6 Å². The SMILES string of the molecule is O=C1Nc2cc(C(=O)NCCN3CCCCCC3)ccc2S/C1=C/c1ccccc1F. The molecule has 31 heavy (non-hydrogen) atoms. The van der Waals surface area contributed by atoms with E-state index in [1.54, 1.807) is 36.4 Å². The average molecular weight is 440 g/mol. The number of benzene rings is 2. The first-order chi connectivity index (χ1) is 15.1. The third kappa shape index (κ3) is 5.54. The molecule has 1 saturated heterocycles. The minimum atomic E-state index is -0.374. The third-order valence-electron chi connectivity index (χ3n) is 5.54. The molecule has 0 saturated carbocycles. The highest BCUT2D eigenvalue weighted by Crippen LogP contribution is 2.39. The topological polar surface area (TPSA) is 61.4 Å². The van der Waals surface area contributed by atoms with Crippen molar-refractivity contribution in [1.29, 1.82) is 0 Å². The highest BCUT2D eigenvalue weighted by Gasteiger charge is 2.22. The number of thioether (sulfide) groups is 1. The van der Waals surface area contributed by atoms with Crippen LogP contribution in [-0.4, -0.2) is 42.9 Å². The van der Waals surface area contributed by atoms with Crippen LogP contribution in [-0.2, 0) is 4.79 Å². The maximum Gasteiger partial charge on any atom is 0.262 e. The maximum atomic E-state index is 13.9. The van der Waals surface area contributed by atoms with Gasteiger partial charge in [0.25, 0.3) is 11.8 Å². The van der Waals surface area contributed by atoms with Gasteiger partial charge in [0.15, 0.2) is 0 Å². The van der Waals surface area contributed by atoms with Gasteiger partial charge < -0.3 is 15.5 Å². The largest absolute Gasteiger partial charge is 0.351 e. The lowest BCUT2D eigenvalue weighted by Gasteiger charge is -2.21. The fourth-order valence-corrected chi connectivity index (χ4v) is 4.75. The molecule has 0 radical (unpaired) electrons. The standard InChI is InChI=1S/C24H26FN3O2S/c25-19-8-4-3-7-17(19)16-22-24(30)27-20-15-18(9-10-21(20)31-22)23(29)26-11-14-28-12-5-1-2-6-13-28/h3-4,7-10,15-16H,1-2,5-6,11-14H2,(H,26,29)(H,27,30)/b22-16+. The zero-order chi connectivity index (χ0) is 21.6. The van der Waals surface area contributed by atoms with Crippen molar-refractivity contribution in [2.45, 2.75) is 30.6 Å². The molecule has 0 spiro atoms. The second kappa shape index (κ2) is 10.1. The normalized spacial score (nSPS) is 18.2. The molecule has 2 amide bonds. The number of hydrogen-bond donors (Lipinski definition) is 2. The van der Waals surface area contributed by atoms with Gasteiger partial charge in [-0.15, -0.1) is 0 Å². The second-order valence-electron chi connectivity index (χ2n) is 7.81. The first-order valence-electron chi connectivity index (χ1n) is 10.7. The van der Waals surface area contributed by atoms with Gasteiger partial charge in [-0.05, 0) is 56.3 Å². The predicted molar refractivity (Wildman–Crippen MR) is 123 cm³/mol. The van der Waals surface area contributed by atoms with Gasteiger partial charge in [0.1, 0.15) is 5.82 Å². The van der Waals surface area contributed by atoms with Gasteiger partial charge in [-0.3, -0.25) is 9.59 Å². The van der Waals surface area contributed by atoms with Crippen LogP contribution in [0.3, 0.4) is 0 Å². The second-order valence-corrected chi connectivity index (χ2v) is 8.89.